The second-order valence-corrected chi connectivity index (χ2v) is 4.94. The van der Waals surface area contributed by atoms with Gasteiger partial charge in [-0.25, -0.2) is 9.78 Å². The number of hydrogen-bond donors (Lipinski definition) is 2. The molecule has 0 fully saturated rings. The highest BCUT2D eigenvalue weighted by Crippen LogP contribution is 2.21. The van der Waals surface area contributed by atoms with E-state index in [1.54, 1.807) is 18.2 Å². The Morgan fingerprint density at radius 1 is 1.29 bits per heavy atom. The van der Waals surface area contributed by atoms with Gasteiger partial charge in [0.15, 0.2) is 5.58 Å². The highest BCUT2D eigenvalue weighted by molar-refractivity contribution is 6.41. The minimum Gasteiger partial charge on any atom is -0.408 e. The van der Waals surface area contributed by atoms with Crippen molar-refractivity contribution in [1.82, 2.24) is 9.97 Å². The van der Waals surface area contributed by atoms with Gasteiger partial charge in [0.2, 0.25) is 0 Å². The number of pyridine rings is 1. The van der Waals surface area contributed by atoms with Crippen LogP contribution in [-0.4, -0.2) is 15.9 Å². The molecule has 0 atom stereocenters. The first-order valence-corrected chi connectivity index (χ1v) is 6.54. The van der Waals surface area contributed by atoms with Crippen LogP contribution in [0.5, 0.6) is 0 Å². The van der Waals surface area contributed by atoms with Crippen molar-refractivity contribution in [2.75, 3.05) is 5.32 Å². The minimum absolute atomic E-state index is 0.130. The topological polar surface area (TPSA) is 88.0 Å². The normalized spacial score (nSPS) is 10.8. The van der Waals surface area contributed by atoms with E-state index in [1.807, 2.05) is 0 Å². The van der Waals surface area contributed by atoms with Crippen molar-refractivity contribution in [3.8, 4) is 0 Å². The van der Waals surface area contributed by atoms with Crippen LogP contribution in [0.3, 0.4) is 0 Å². The van der Waals surface area contributed by atoms with Crippen LogP contribution in [0.1, 0.15) is 10.4 Å². The highest BCUT2D eigenvalue weighted by atomic mass is 35.5. The number of amides is 1. The van der Waals surface area contributed by atoms with Gasteiger partial charge in [0.25, 0.3) is 5.91 Å². The molecule has 0 radical (unpaired) electrons. The van der Waals surface area contributed by atoms with Crippen molar-refractivity contribution in [1.29, 1.82) is 0 Å². The number of anilines is 1. The summed E-state index contributed by atoms with van der Waals surface area (Å²) in [5.41, 5.74) is 1.67. The fourth-order valence-corrected chi connectivity index (χ4v) is 2.05. The molecule has 0 saturated carbocycles. The summed E-state index contributed by atoms with van der Waals surface area (Å²) >= 11 is 11.5. The average Bonchev–Trinajstić information content (AvgIpc) is 2.81. The van der Waals surface area contributed by atoms with Gasteiger partial charge in [-0.15, -0.1) is 0 Å². The molecule has 1 amide bonds. The average molecular weight is 324 g/mol. The third kappa shape index (κ3) is 2.76. The third-order valence-corrected chi connectivity index (χ3v) is 3.42. The summed E-state index contributed by atoms with van der Waals surface area (Å²) in [6.07, 6.45) is 1.32. The zero-order chi connectivity index (χ0) is 15.0. The van der Waals surface area contributed by atoms with Gasteiger partial charge in [-0.2, -0.15) is 0 Å². The summed E-state index contributed by atoms with van der Waals surface area (Å²) in [5, 5.41) is 2.99. The lowest BCUT2D eigenvalue weighted by atomic mass is 10.2. The van der Waals surface area contributed by atoms with Crippen LogP contribution in [0.2, 0.25) is 10.2 Å². The molecule has 6 nitrogen and oxygen atoms in total. The van der Waals surface area contributed by atoms with Crippen LogP contribution in [0.25, 0.3) is 11.1 Å². The Bertz CT molecular complexity index is 901. The second-order valence-electron chi connectivity index (χ2n) is 4.18. The fraction of sp³-hybridized carbons (Fsp3) is 0. The minimum atomic E-state index is -0.554. The van der Waals surface area contributed by atoms with Crippen LogP contribution in [0.4, 0.5) is 5.69 Å². The van der Waals surface area contributed by atoms with Crippen LogP contribution >= 0.6 is 23.2 Å². The Balaban J connectivity index is 1.88. The lowest BCUT2D eigenvalue weighted by molar-refractivity contribution is 0.102. The van der Waals surface area contributed by atoms with Crippen molar-refractivity contribution in [2.24, 2.45) is 0 Å². The summed E-state index contributed by atoms with van der Waals surface area (Å²) in [6, 6.07) is 6.20. The second kappa shape index (κ2) is 5.23. The number of oxazole rings is 1. The maximum atomic E-state index is 12.1. The molecule has 0 aliphatic rings. The number of benzene rings is 1. The van der Waals surface area contributed by atoms with Gasteiger partial charge >= 0.3 is 5.76 Å². The Kier molecular flexibility index (Phi) is 3.40. The molecule has 0 aliphatic carbocycles. The molecular formula is C13H7Cl2N3O3. The van der Waals surface area contributed by atoms with Gasteiger partial charge in [-0.05, 0) is 24.3 Å². The van der Waals surface area contributed by atoms with E-state index in [0.29, 0.717) is 16.8 Å². The molecule has 0 unspecified atom stereocenters. The summed E-state index contributed by atoms with van der Waals surface area (Å²) in [4.78, 5) is 29.4. The van der Waals surface area contributed by atoms with Crippen LogP contribution in [0, 0.1) is 0 Å². The molecule has 2 N–H and O–H groups in total. The smallest absolute Gasteiger partial charge is 0.408 e. The standard InChI is InChI=1S/C13H7Cl2N3O3/c14-8-3-6(5-16-11(8)15)12(19)17-7-1-2-10-9(4-7)18-13(20)21-10/h1-5H,(H,17,19)(H,18,20). The van der Waals surface area contributed by atoms with Gasteiger partial charge in [0, 0.05) is 11.9 Å². The molecule has 0 saturated heterocycles. The maximum absolute atomic E-state index is 12.1. The number of fused-ring (bicyclic) bond motifs is 1. The summed E-state index contributed by atoms with van der Waals surface area (Å²) in [5.74, 6) is -0.951. The Morgan fingerprint density at radius 3 is 2.86 bits per heavy atom. The predicted octanol–water partition coefficient (Wildman–Crippen LogP) is 3.08. The van der Waals surface area contributed by atoms with Crippen LogP contribution in [-0.2, 0) is 0 Å². The van der Waals surface area contributed by atoms with E-state index < -0.39 is 11.7 Å². The van der Waals surface area contributed by atoms with Gasteiger partial charge in [-0.1, -0.05) is 23.2 Å². The fourth-order valence-electron chi connectivity index (χ4n) is 1.78. The monoisotopic (exact) mass is 323 g/mol. The van der Waals surface area contributed by atoms with Crippen LogP contribution in [0.15, 0.2) is 39.7 Å². The number of carbonyl (C=O) groups is 1. The van der Waals surface area contributed by atoms with Gasteiger partial charge in [-0.3, -0.25) is 9.78 Å². The van der Waals surface area contributed by atoms with Gasteiger partial charge in [0.1, 0.15) is 5.15 Å². The first-order chi connectivity index (χ1) is 10.0. The zero-order valence-corrected chi connectivity index (χ0v) is 11.8. The van der Waals surface area contributed by atoms with Gasteiger partial charge < -0.3 is 9.73 Å². The summed E-state index contributed by atoms with van der Waals surface area (Å²) < 4.78 is 4.88. The van der Waals surface area contributed by atoms with E-state index in [2.05, 4.69) is 15.3 Å². The van der Waals surface area contributed by atoms with Crippen molar-refractivity contribution in [3.05, 3.63) is 56.8 Å². The van der Waals surface area contributed by atoms with E-state index in [1.165, 1.54) is 12.3 Å². The number of carbonyl (C=O) groups excluding carboxylic acids is 1. The number of hydrogen-bond acceptors (Lipinski definition) is 4. The molecule has 2 heterocycles. The predicted molar refractivity (Wildman–Crippen MR) is 79.0 cm³/mol. The lowest BCUT2D eigenvalue weighted by Gasteiger charge is -2.05. The summed E-state index contributed by atoms with van der Waals surface area (Å²) in [6.45, 7) is 0. The first-order valence-electron chi connectivity index (χ1n) is 5.78. The molecule has 3 rings (SSSR count). The van der Waals surface area contributed by atoms with Gasteiger partial charge in [0.05, 0.1) is 16.1 Å². The maximum Gasteiger partial charge on any atom is 0.417 e. The molecular weight excluding hydrogens is 317 g/mol. The van der Waals surface area contributed by atoms with E-state index in [4.69, 9.17) is 27.6 Å². The quantitative estimate of drug-likeness (QED) is 0.709. The first kappa shape index (κ1) is 13.7. The number of aromatic nitrogens is 2. The molecule has 2 aromatic heterocycles. The number of halogens is 2. The number of rotatable bonds is 2. The van der Waals surface area contributed by atoms with Crippen molar-refractivity contribution in [3.63, 3.8) is 0 Å². The van der Waals surface area contributed by atoms with Crippen molar-refractivity contribution >= 4 is 45.9 Å². The van der Waals surface area contributed by atoms with Crippen molar-refractivity contribution < 1.29 is 9.21 Å². The number of aromatic amines is 1. The number of nitrogens with one attached hydrogen (secondary N) is 2. The number of nitrogens with zero attached hydrogens (tertiary/aromatic N) is 1. The SMILES string of the molecule is O=C(Nc1ccc2oc(=O)[nH]c2c1)c1cnc(Cl)c(Cl)c1. The molecule has 1 aromatic carbocycles. The third-order valence-electron chi connectivity index (χ3n) is 2.74. The van der Waals surface area contributed by atoms with E-state index in [0.717, 1.165) is 0 Å². The molecule has 106 valence electrons. The molecule has 0 spiro atoms. The molecule has 3 aromatic rings. The Hall–Kier alpha value is -2.31. The van der Waals surface area contributed by atoms with Crippen molar-refractivity contribution in [2.45, 2.75) is 0 Å². The van der Waals surface area contributed by atoms with E-state index in [9.17, 15) is 9.59 Å². The van der Waals surface area contributed by atoms with E-state index >= 15 is 0 Å². The zero-order valence-electron chi connectivity index (χ0n) is 10.3. The largest absolute Gasteiger partial charge is 0.417 e. The lowest BCUT2D eigenvalue weighted by Crippen LogP contribution is -2.12. The Morgan fingerprint density at radius 2 is 2.10 bits per heavy atom. The highest BCUT2D eigenvalue weighted by Gasteiger charge is 2.10. The Labute approximate surface area is 127 Å². The molecule has 0 aliphatic heterocycles. The number of H-pyrrole nitrogens is 1. The molecule has 0 bridgehead atoms. The molecule has 8 heteroatoms. The van der Waals surface area contributed by atoms with E-state index in [-0.39, 0.29) is 15.7 Å². The van der Waals surface area contributed by atoms with Crippen LogP contribution < -0.4 is 11.1 Å². The summed E-state index contributed by atoms with van der Waals surface area (Å²) in [7, 11) is 0. The molecule has 21 heavy (non-hydrogen) atoms.